The van der Waals surface area contributed by atoms with Gasteiger partial charge >= 0.3 is 0 Å². The van der Waals surface area contributed by atoms with Crippen LogP contribution in [0.5, 0.6) is 5.75 Å². The second-order valence-electron chi connectivity index (χ2n) is 3.51. The van der Waals surface area contributed by atoms with Gasteiger partial charge in [0.05, 0.1) is 18.1 Å². The van der Waals surface area contributed by atoms with Crippen molar-refractivity contribution < 1.29 is 24.7 Å². The normalized spacial score (nSPS) is 13.7. The van der Waals surface area contributed by atoms with Crippen LogP contribution in [0.1, 0.15) is 11.7 Å². The summed E-state index contributed by atoms with van der Waals surface area (Å²) < 4.78 is 4.82. The van der Waals surface area contributed by atoms with Crippen molar-refractivity contribution >= 4 is 11.6 Å². The highest BCUT2D eigenvalue weighted by Crippen LogP contribution is 2.27. The number of aliphatic hydroxyl groups is 2. The van der Waals surface area contributed by atoms with Crippen LogP contribution >= 0.6 is 0 Å². The van der Waals surface area contributed by atoms with Crippen molar-refractivity contribution in [3.8, 4) is 5.75 Å². The van der Waals surface area contributed by atoms with E-state index in [2.05, 4.69) is 0 Å². The van der Waals surface area contributed by atoms with Gasteiger partial charge < -0.3 is 20.7 Å². The molecule has 8 heteroatoms. The van der Waals surface area contributed by atoms with Gasteiger partial charge in [0.2, 0.25) is 5.91 Å². The average molecular weight is 256 g/mol. The number of rotatable bonds is 5. The molecule has 4 N–H and O–H groups in total. The Kier molecular flexibility index (Phi) is 4.18. The first-order chi connectivity index (χ1) is 8.36. The lowest BCUT2D eigenvalue weighted by atomic mass is 10.0. The topological polar surface area (TPSA) is 136 Å². The fraction of sp³-hybridized carbons (Fsp3) is 0.300. The number of nitro benzene ring substituents is 1. The largest absolute Gasteiger partial charge is 0.496 e. The maximum Gasteiger partial charge on any atom is 0.273 e. The summed E-state index contributed by atoms with van der Waals surface area (Å²) in [5, 5.41) is 29.6. The number of primary amides is 1. The third kappa shape index (κ3) is 2.93. The number of nitrogens with zero attached hydrogens (tertiary/aromatic N) is 1. The van der Waals surface area contributed by atoms with E-state index in [4.69, 9.17) is 10.5 Å². The lowest BCUT2D eigenvalue weighted by Gasteiger charge is -2.15. The van der Waals surface area contributed by atoms with E-state index in [1.54, 1.807) is 0 Å². The van der Waals surface area contributed by atoms with Gasteiger partial charge in [-0.15, -0.1) is 0 Å². The molecule has 2 atom stereocenters. The maximum absolute atomic E-state index is 10.7. The average Bonchev–Trinajstić information content (AvgIpc) is 2.35. The van der Waals surface area contributed by atoms with Crippen LogP contribution in [0.25, 0.3) is 0 Å². The molecule has 1 amide bonds. The number of hydrogen-bond acceptors (Lipinski definition) is 6. The summed E-state index contributed by atoms with van der Waals surface area (Å²) in [4.78, 5) is 20.7. The number of nitro groups is 1. The van der Waals surface area contributed by atoms with E-state index in [-0.39, 0.29) is 17.0 Å². The zero-order valence-corrected chi connectivity index (χ0v) is 9.44. The van der Waals surface area contributed by atoms with E-state index in [0.29, 0.717) is 0 Å². The molecule has 0 bridgehead atoms. The number of methoxy groups -OCH3 is 1. The smallest absolute Gasteiger partial charge is 0.273 e. The third-order valence-electron chi connectivity index (χ3n) is 2.29. The van der Waals surface area contributed by atoms with E-state index in [1.807, 2.05) is 0 Å². The standard InChI is InChI=1S/C10H12N2O6/c1-18-7-3-5(2-6(4-7)12(16)17)8(13)9(14)10(11)15/h2-4,8-9,13-14H,1H3,(H2,11,15). The molecule has 0 saturated heterocycles. The molecule has 0 aliphatic heterocycles. The Morgan fingerprint density at radius 2 is 2.06 bits per heavy atom. The molecule has 0 aromatic heterocycles. The lowest BCUT2D eigenvalue weighted by molar-refractivity contribution is -0.385. The summed E-state index contributed by atoms with van der Waals surface area (Å²) in [6.45, 7) is 0. The fourth-order valence-corrected chi connectivity index (χ4v) is 1.34. The van der Waals surface area contributed by atoms with Gasteiger partial charge in [-0.2, -0.15) is 0 Å². The zero-order valence-electron chi connectivity index (χ0n) is 9.44. The second-order valence-corrected chi connectivity index (χ2v) is 3.51. The Bertz CT molecular complexity index is 475. The van der Waals surface area contributed by atoms with Crippen LogP contribution in [0.15, 0.2) is 18.2 Å². The SMILES string of the molecule is COc1cc(C(O)C(O)C(N)=O)cc([N+](=O)[O-])c1. The van der Waals surface area contributed by atoms with Crippen LogP contribution in [0.2, 0.25) is 0 Å². The van der Waals surface area contributed by atoms with Crippen molar-refractivity contribution in [1.82, 2.24) is 0 Å². The maximum atomic E-state index is 10.7. The number of carbonyl (C=O) groups is 1. The van der Waals surface area contributed by atoms with Gasteiger partial charge in [-0.1, -0.05) is 0 Å². The summed E-state index contributed by atoms with van der Waals surface area (Å²) in [5.74, 6) is -1.01. The molecule has 18 heavy (non-hydrogen) atoms. The van der Waals surface area contributed by atoms with Gasteiger partial charge in [0.15, 0.2) is 6.10 Å². The first kappa shape index (κ1) is 13.9. The summed E-state index contributed by atoms with van der Waals surface area (Å²) in [5.41, 5.74) is 4.46. The Morgan fingerprint density at radius 3 is 2.50 bits per heavy atom. The van der Waals surface area contributed by atoms with Gasteiger partial charge in [0, 0.05) is 6.07 Å². The first-order valence-electron chi connectivity index (χ1n) is 4.85. The molecule has 0 fully saturated rings. The molecule has 1 aromatic carbocycles. The molecule has 0 heterocycles. The number of benzene rings is 1. The Labute approximate surface area is 102 Å². The number of carbonyl (C=O) groups excluding carboxylic acids is 1. The van der Waals surface area contributed by atoms with Crippen LogP contribution in [0.4, 0.5) is 5.69 Å². The van der Waals surface area contributed by atoms with Crippen molar-refractivity contribution in [2.75, 3.05) is 7.11 Å². The summed E-state index contributed by atoms with van der Waals surface area (Å²) >= 11 is 0. The number of aliphatic hydroxyl groups excluding tert-OH is 2. The predicted octanol–water partition coefficient (Wildman–Crippen LogP) is -0.517. The number of hydrogen-bond donors (Lipinski definition) is 3. The van der Waals surface area contributed by atoms with Gasteiger partial charge in [-0.25, -0.2) is 0 Å². The molecule has 1 rings (SSSR count). The molecule has 1 aromatic rings. The lowest BCUT2D eigenvalue weighted by Crippen LogP contribution is -2.33. The van der Waals surface area contributed by atoms with Crippen molar-refractivity contribution in [2.24, 2.45) is 5.73 Å². The van der Waals surface area contributed by atoms with Crippen LogP contribution in [-0.2, 0) is 4.79 Å². The molecule has 98 valence electrons. The highest BCUT2D eigenvalue weighted by Gasteiger charge is 2.25. The minimum atomic E-state index is -1.85. The molecule has 0 saturated carbocycles. The van der Waals surface area contributed by atoms with Gasteiger partial charge in [-0.3, -0.25) is 14.9 Å². The van der Waals surface area contributed by atoms with E-state index >= 15 is 0 Å². The number of nitrogens with two attached hydrogens (primary N) is 1. The van der Waals surface area contributed by atoms with Gasteiger partial charge in [0.1, 0.15) is 11.9 Å². The predicted molar refractivity (Wildman–Crippen MR) is 59.8 cm³/mol. The molecule has 0 spiro atoms. The third-order valence-corrected chi connectivity index (χ3v) is 2.29. The van der Waals surface area contributed by atoms with E-state index < -0.39 is 23.0 Å². The summed E-state index contributed by atoms with van der Waals surface area (Å²) in [7, 11) is 1.29. The number of non-ortho nitro benzene ring substituents is 1. The highest BCUT2D eigenvalue weighted by molar-refractivity contribution is 5.79. The fourth-order valence-electron chi connectivity index (χ4n) is 1.34. The summed E-state index contributed by atoms with van der Waals surface area (Å²) in [6.07, 6.45) is -3.51. The van der Waals surface area contributed by atoms with Crippen molar-refractivity contribution in [3.63, 3.8) is 0 Å². The van der Waals surface area contributed by atoms with E-state index in [0.717, 1.165) is 12.1 Å². The summed E-state index contributed by atoms with van der Waals surface area (Å²) in [6, 6.07) is 3.44. The monoisotopic (exact) mass is 256 g/mol. The van der Waals surface area contributed by atoms with Crippen LogP contribution < -0.4 is 10.5 Å². The quantitative estimate of drug-likeness (QED) is 0.479. The molecular formula is C10H12N2O6. The molecule has 2 unspecified atom stereocenters. The van der Waals surface area contributed by atoms with Crippen molar-refractivity contribution in [1.29, 1.82) is 0 Å². The molecule has 8 nitrogen and oxygen atoms in total. The Morgan fingerprint density at radius 1 is 1.44 bits per heavy atom. The molecular weight excluding hydrogens is 244 g/mol. The van der Waals surface area contributed by atoms with Gasteiger partial charge in [-0.05, 0) is 11.6 Å². The Balaban J connectivity index is 3.19. The van der Waals surface area contributed by atoms with Gasteiger partial charge in [0.25, 0.3) is 5.69 Å². The van der Waals surface area contributed by atoms with Crippen LogP contribution in [0, 0.1) is 10.1 Å². The van der Waals surface area contributed by atoms with E-state index in [1.165, 1.54) is 13.2 Å². The highest BCUT2D eigenvalue weighted by atomic mass is 16.6. The van der Waals surface area contributed by atoms with Crippen LogP contribution in [-0.4, -0.2) is 34.3 Å². The van der Waals surface area contributed by atoms with Crippen molar-refractivity contribution in [3.05, 3.63) is 33.9 Å². The molecule has 0 aliphatic rings. The Hall–Kier alpha value is -2.19. The zero-order chi connectivity index (χ0) is 13.9. The minimum absolute atomic E-state index is 0.0349. The number of ether oxygens (including phenoxy) is 1. The van der Waals surface area contributed by atoms with Crippen molar-refractivity contribution in [2.45, 2.75) is 12.2 Å². The van der Waals surface area contributed by atoms with E-state index in [9.17, 15) is 25.1 Å². The number of amides is 1. The molecule has 0 aliphatic carbocycles. The van der Waals surface area contributed by atoms with Crippen LogP contribution in [0.3, 0.4) is 0 Å². The minimum Gasteiger partial charge on any atom is -0.496 e. The molecule has 0 radical (unpaired) electrons. The first-order valence-corrected chi connectivity index (χ1v) is 4.85. The second kappa shape index (κ2) is 5.43.